The lowest BCUT2D eigenvalue weighted by molar-refractivity contribution is -0.383. The Morgan fingerprint density at radius 1 is 1.50 bits per heavy atom. The molecule has 1 aromatic heterocycles. The Morgan fingerprint density at radius 3 is 2.91 bits per heavy atom. The molecule has 0 fully saturated rings. The maximum absolute atomic E-state index is 12.0. The summed E-state index contributed by atoms with van der Waals surface area (Å²) in [4.78, 5) is 22.2. The van der Waals surface area contributed by atoms with Gasteiger partial charge in [0.05, 0.1) is 11.1 Å². The van der Waals surface area contributed by atoms with Crippen LogP contribution in [-0.4, -0.2) is 27.2 Å². The maximum Gasteiger partial charge on any atom is 0.292 e. The van der Waals surface area contributed by atoms with Gasteiger partial charge in [-0.15, -0.1) is 0 Å². The van der Waals surface area contributed by atoms with Crippen molar-refractivity contribution in [3.05, 3.63) is 51.8 Å². The fraction of sp³-hybridized carbons (Fsp3) is 0.286. The Kier molecular flexibility index (Phi) is 4.72. The van der Waals surface area contributed by atoms with Gasteiger partial charge in [0.2, 0.25) is 0 Å². The molecule has 8 heteroatoms. The number of aryl methyl sites for hydroxylation is 2. The van der Waals surface area contributed by atoms with Crippen LogP contribution in [0.1, 0.15) is 22.3 Å². The molecule has 0 saturated carbocycles. The van der Waals surface area contributed by atoms with Crippen molar-refractivity contribution in [2.45, 2.75) is 12.8 Å². The van der Waals surface area contributed by atoms with Gasteiger partial charge in [-0.1, -0.05) is 0 Å². The first kappa shape index (κ1) is 15.5. The monoisotopic (exact) mass is 303 g/mol. The van der Waals surface area contributed by atoms with Crippen molar-refractivity contribution >= 4 is 17.3 Å². The molecule has 0 aliphatic heterocycles. The smallest absolute Gasteiger partial charge is 0.292 e. The van der Waals surface area contributed by atoms with Crippen molar-refractivity contribution in [2.75, 3.05) is 12.3 Å². The number of rotatable bonds is 6. The molecule has 3 N–H and O–H groups in total. The highest BCUT2D eigenvalue weighted by molar-refractivity contribution is 5.95. The molecule has 8 nitrogen and oxygen atoms in total. The summed E-state index contributed by atoms with van der Waals surface area (Å²) < 4.78 is 1.72. The first-order valence-electron chi connectivity index (χ1n) is 6.77. The van der Waals surface area contributed by atoms with Gasteiger partial charge in [-0.25, -0.2) is 0 Å². The SMILES string of the molecule is Cn1cc(CCCNC(=O)c2ccc(N)c([N+](=O)[O-])c2)cn1. The summed E-state index contributed by atoms with van der Waals surface area (Å²) in [6.07, 6.45) is 5.26. The van der Waals surface area contributed by atoms with E-state index in [0.717, 1.165) is 18.4 Å². The number of amides is 1. The molecule has 0 atom stereocenters. The van der Waals surface area contributed by atoms with E-state index in [-0.39, 0.29) is 22.8 Å². The number of aromatic nitrogens is 2. The lowest BCUT2D eigenvalue weighted by Crippen LogP contribution is -2.24. The third-order valence-electron chi connectivity index (χ3n) is 3.18. The van der Waals surface area contributed by atoms with Gasteiger partial charge in [0.15, 0.2) is 0 Å². The molecule has 0 aliphatic rings. The van der Waals surface area contributed by atoms with Crippen molar-refractivity contribution in [3.63, 3.8) is 0 Å². The highest BCUT2D eigenvalue weighted by atomic mass is 16.6. The second-order valence-corrected chi connectivity index (χ2v) is 4.91. The Hall–Kier alpha value is -2.90. The van der Waals surface area contributed by atoms with Gasteiger partial charge < -0.3 is 11.1 Å². The van der Waals surface area contributed by atoms with Crippen LogP contribution >= 0.6 is 0 Å². The average molecular weight is 303 g/mol. The number of nitrogens with two attached hydrogens (primary N) is 1. The minimum atomic E-state index is -0.603. The summed E-state index contributed by atoms with van der Waals surface area (Å²) in [7, 11) is 1.85. The third-order valence-corrected chi connectivity index (χ3v) is 3.18. The minimum absolute atomic E-state index is 0.0399. The third kappa shape index (κ3) is 3.81. The topological polar surface area (TPSA) is 116 Å². The summed E-state index contributed by atoms with van der Waals surface area (Å²) in [6.45, 7) is 0.478. The van der Waals surface area contributed by atoms with E-state index in [1.165, 1.54) is 18.2 Å². The van der Waals surface area contributed by atoms with E-state index in [1.54, 1.807) is 10.9 Å². The van der Waals surface area contributed by atoms with Crippen LogP contribution < -0.4 is 11.1 Å². The molecule has 2 rings (SSSR count). The number of nitrogens with zero attached hydrogens (tertiary/aromatic N) is 3. The van der Waals surface area contributed by atoms with Crippen LogP contribution in [0.4, 0.5) is 11.4 Å². The van der Waals surface area contributed by atoms with Crippen LogP contribution in [-0.2, 0) is 13.5 Å². The van der Waals surface area contributed by atoms with Gasteiger partial charge in [-0.2, -0.15) is 5.10 Å². The Labute approximate surface area is 127 Å². The molecule has 116 valence electrons. The van der Waals surface area contributed by atoms with Crippen LogP contribution in [0, 0.1) is 10.1 Å². The molecule has 1 aromatic carbocycles. The largest absolute Gasteiger partial charge is 0.393 e. The van der Waals surface area contributed by atoms with Crippen LogP contribution in [0.25, 0.3) is 0 Å². The zero-order valence-corrected chi connectivity index (χ0v) is 12.2. The summed E-state index contributed by atoms with van der Waals surface area (Å²) in [5.41, 5.74) is 6.60. The predicted octanol–water partition coefficient (Wildman–Crippen LogP) is 1.27. The van der Waals surface area contributed by atoms with E-state index >= 15 is 0 Å². The van der Waals surface area contributed by atoms with Crippen LogP contribution in [0.15, 0.2) is 30.6 Å². The lowest BCUT2D eigenvalue weighted by Gasteiger charge is -2.05. The normalized spacial score (nSPS) is 10.4. The number of nitrogen functional groups attached to an aromatic ring is 1. The number of benzene rings is 1. The van der Waals surface area contributed by atoms with Gasteiger partial charge in [-0.3, -0.25) is 19.6 Å². The molecular formula is C14H17N5O3. The van der Waals surface area contributed by atoms with E-state index in [4.69, 9.17) is 5.73 Å². The van der Waals surface area contributed by atoms with Crippen LogP contribution in [0.5, 0.6) is 0 Å². The van der Waals surface area contributed by atoms with Gasteiger partial charge in [0, 0.05) is 31.4 Å². The standard InChI is InChI=1S/C14H17N5O3/c1-18-9-10(8-17-18)3-2-6-16-14(20)11-4-5-12(15)13(7-11)19(21)22/h4-5,7-9H,2-3,6,15H2,1H3,(H,16,20). The van der Waals surface area contributed by atoms with Gasteiger partial charge in [-0.05, 0) is 30.5 Å². The maximum atomic E-state index is 12.0. The van der Waals surface area contributed by atoms with Crippen LogP contribution in [0.3, 0.4) is 0 Å². The van der Waals surface area contributed by atoms with E-state index in [2.05, 4.69) is 10.4 Å². The zero-order chi connectivity index (χ0) is 16.1. The summed E-state index contributed by atoms with van der Waals surface area (Å²) in [5.74, 6) is -0.353. The molecular weight excluding hydrogens is 286 g/mol. The Bertz CT molecular complexity index is 696. The molecule has 22 heavy (non-hydrogen) atoms. The molecule has 0 aliphatic carbocycles. The molecule has 1 heterocycles. The number of carbonyl (C=O) groups excluding carboxylic acids is 1. The second-order valence-electron chi connectivity index (χ2n) is 4.91. The van der Waals surface area contributed by atoms with Crippen molar-refractivity contribution < 1.29 is 9.72 Å². The number of hydrogen-bond acceptors (Lipinski definition) is 5. The molecule has 0 bridgehead atoms. The Balaban J connectivity index is 1.87. The predicted molar refractivity (Wildman–Crippen MR) is 81.4 cm³/mol. The molecule has 1 amide bonds. The van der Waals surface area contributed by atoms with Gasteiger partial charge in [0.1, 0.15) is 5.69 Å². The van der Waals surface area contributed by atoms with Gasteiger partial charge in [0.25, 0.3) is 11.6 Å². The molecule has 0 spiro atoms. The van der Waals surface area contributed by atoms with E-state index in [9.17, 15) is 14.9 Å². The fourth-order valence-corrected chi connectivity index (χ4v) is 2.04. The molecule has 2 aromatic rings. The second kappa shape index (κ2) is 6.70. The highest BCUT2D eigenvalue weighted by Crippen LogP contribution is 2.22. The van der Waals surface area contributed by atoms with E-state index < -0.39 is 4.92 Å². The first-order chi connectivity index (χ1) is 10.5. The average Bonchev–Trinajstić information content (AvgIpc) is 2.89. The number of nitro benzene ring substituents is 1. The number of carbonyl (C=O) groups is 1. The quantitative estimate of drug-likeness (QED) is 0.361. The Morgan fingerprint density at radius 2 is 2.27 bits per heavy atom. The van der Waals surface area contributed by atoms with E-state index in [1.807, 2.05) is 13.2 Å². The van der Waals surface area contributed by atoms with Crippen molar-refractivity contribution in [2.24, 2.45) is 7.05 Å². The molecule has 0 saturated heterocycles. The zero-order valence-electron chi connectivity index (χ0n) is 12.2. The minimum Gasteiger partial charge on any atom is -0.393 e. The number of nitrogens with one attached hydrogen (secondary N) is 1. The number of anilines is 1. The summed E-state index contributed by atoms with van der Waals surface area (Å²) >= 11 is 0. The molecule has 0 radical (unpaired) electrons. The van der Waals surface area contributed by atoms with E-state index in [0.29, 0.717) is 6.54 Å². The van der Waals surface area contributed by atoms with Crippen molar-refractivity contribution in [1.82, 2.24) is 15.1 Å². The van der Waals surface area contributed by atoms with Crippen molar-refractivity contribution in [3.8, 4) is 0 Å². The van der Waals surface area contributed by atoms with Gasteiger partial charge >= 0.3 is 0 Å². The fourth-order valence-electron chi connectivity index (χ4n) is 2.04. The number of hydrogen-bond donors (Lipinski definition) is 2. The molecule has 0 unspecified atom stereocenters. The first-order valence-corrected chi connectivity index (χ1v) is 6.77. The number of nitro groups is 1. The van der Waals surface area contributed by atoms with Crippen LogP contribution in [0.2, 0.25) is 0 Å². The summed E-state index contributed by atoms with van der Waals surface area (Å²) in [5, 5.41) is 17.6. The summed E-state index contributed by atoms with van der Waals surface area (Å²) in [6, 6.07) is 4.02. The lowest BCUT2D eigenvalue weighted by atomic mass is 10.1. The highest BCUT2D eigenvalue weighted by Gasteiger charge is 2.15. The van der Waals surface area contributed by atoms with Crippen molar-refractivity contribution in [1.29, 1.82) is 0 Å².